The van der Waals surface area contributed by atoms with Crippen molar-refractivity contribution in [2.45, 2.75) is 50.3 Å². The number of ketones is 1. The zero-order chi connectivity index (χ0) is 23.0. The summed E-state index contributed by atoms with van der Waals surface area (Å²) < 4.78 is 36.8. The topological polar surface area (TPSA) is 86.7 Å². The van der Waals surface area contributed by atoms with Gasteiger partial charge in [-0.2, -0.15) is 0 Å². The first-order valence-corrected chi connectivity index (χ1v) is 12.4. The van der Waals surface area contributed by atoms with Crippen LogP contribution in [0.4, 0.5) is 4.79 Å². The number of carbonyl (C=O) groups is 2. The average molecular weight is 457 g/mol. The normalized spacial score (nSPS) is 14.7. The number of hydrogen-bond acceptors (Lipinski definition) is 6. The molecule has 2 aromatic rings. The van der Waals surface area contributed by atoms with Crippen molar-refractivity contribution in [3.05, 3.63) is 70.6 Å². The second-order valence-corrected chi connectivity index (χ2v) is 9.59. The van der Waals surface area contributed by atoms with Gasteiger partial charge in [0.1, 0.15) is 6.61 Å². The summed E-state index contributed by atoms with van der Waals surface area (Å²) in [5.41, 5.74) is 0.586. The van der Waals surface area contributed by atoms with E-state index in [9.17, 15) is 18.0 Å². The number of rotatable bonds is 10. The summed E-state index contributed by atoms with van der Waals surface area (Å²) in [6, 6.07) is 14.6. The van der Waals surface area contributed by atoms with E-state index in [1.807, 2.05) is 0 Å². The van der Waals surface area contributed by atoms with Crippen LogP contribution in [0, 0.1) is 0 Å². The zero-order valence-electron chi connectivity index (χ0n) is 18.2. The van der Waals surface area contributed by atoms with E-state index in [0.717, 1.165) is 25.7 Å². The molecule has 1 aliphatic rings. The Bertz CT molecular complexity index is 1090. The molecule has 32 heavy (non-hydrogen) atoms. The van der Waals surface area contributed by atoms with Gasteiger partial charge in [0.2, 0.25) is 9.84 Å². The van der Waals surface area contributed by atoms with Crippen molar-refractivity contribution in [2.24, 2.45) is 0 Å². The molecule has 0 N–H and O–H groups in total. The molecule has 7 heteroatoms. The molecule has 0 amide bonds. The first-order chi connectivity index (χ1) is 15.5. The Morgan fingerprint density at radius 2 is 1.50 bits per heavy atom. The Morgan fingerprint density at radius 1 is 0.844 bits per heavy atom. The zero-order valence-corrected chi connectivity index (χ0v) is 19.0. The molecule has 2 aromatic carbocycles. The summed E-state index contributed by atoms with van der Waals surface area (Å²) in [4.78, 5) is 24.9. The fraction of sp³-hybridized carbons (Fsp3) is 0.360. The van der Waals surface area contributed by atoms with Crippen LogP contribution >= 0.6 is 0 Å². The van der Waals surface area contributed by atoms with Crippen LogP contribution in [-0.2, 0) is 19.3 Å². The number of ether oxygens (including phenoxy) is 2. The van der Waals surface area contributed by atoms with Crippen LogP contribution in [0.15, 0.2) is 64.4 Å². The molecule has 0 unspecified atom stereocenters. The lowest BCUT2D eigenvalue weighted by molar-refractivity contribution is 0.0612. The lowest BCUT2D eigenvalue weighted by atomic mass is 9.96. The van der Waals surface area contributed by atoms with Crippen LogP contribution in [0.2, 0.25) is 0 Å². The molecule has 0 saturated heterocycles. The molecule has 1 heterocycles. The van der Waals surface area contributed by atoms with Gasteiger partial charge in [-0.1, -0.05) is 81.5 Å². The third-order valence-corrected chi connectivity index (χ3v) is 7.26. The van der Waals surface area contributed by atoms with Crippen LogP contribution in [0.25, 0.3) is 5.57 Å². The Labute approximate surface area is 189 Å². The van der Waals surface area contributed by atoms with Crippen LogP contribution in [-0.4, -0.2) is 33.6 Å². The van der Waals surface area contributed by atoms with Crippen molar-refractivity contribution in [1.29, 1.82) is 0 Å². The maximum Gasteiger partial charge on any atom is 0.508 e. The second-order valence-electron chi connectivity index (χ2n) is 7.65. The van der Waals surface area contributed by atoms with Gasteiger partial charge in [-0.05, 0) is 24.1 Å². The van der Waals surface area contributed by atoms with Crippen molar-refractivity contribution in [2.75, 3.05) is 13.2 Å². The third kappa shape index (κ3) is 5.46. The largest absolute Gasteiger partial charge is 0.508 e. The summed E-state index contributed by atoms with van der Waals surface area (Å²) in [7, 11) is -4.02. The van der Waals surface area contributed by atoms with E-state index < -0.39 is 28.4 Å². The number of sulfone groups is 1. The molecule has 0 saturated carbocycles. The molecule has 0 aliphatic carbocycles. The minimum absolute atomic E-state index is 0.0213. The smallest absolute Gasteiger partial charge is 0.434 e. The van der Waals surface area contributed by atoms with Gasteiger partial charge >= 0.3 is 6.16 Å². The lowest BCUT2D eigenvalue weighted by Crippen LogP contribution is -2.25. The second kappa shape index (κ2) is 11.1. The summed E-state index contributed by atoms with van der Waals surface area (Å²) in [6.45, 7) is 1.79. The quantitative estimate of drug-likeness (QED) is 0.343. The number of carbonyl (C=O) groups excluding carboxylic acids is 2. The van der Waals surface area contributed by atoms with E-state index in [2.05, 4.69) is 6.92 Å². The third-order valence-electron chi connectivity index (χ3n) is 5.35. The fourth-order valence-electron chi connectivity index (χ4n) is 3.67. The van der Waals surface area contributed by atoms with Gasteiger partial charge in [-0.3, -0.25) is 4.79 Å². The number of fused-ring (bicyclic) bond motifs is 1. The predicted octanol–water partition coefficient (Wildman–Crippen LogP) is 5.58. The number of Topliss-reactive ketones (excluding diaryl/α,β-unsaturated/α-hetero) is 1. The molecule has 0 radical (unpaired) electrons. The van der Waals surface area contributed by atoms with Gasteiger partial charge < -0.3 is 9.47 Å². The summed E-state index contributed by atoms with van der Waals surface area (Å²) >= 11 is 0. The molecule has 1 aliphatic heterocycles. The molecule has 170 valence electrons. The SMILES string of the molecule is CCCCCCCCOC(=O)OCC1=C(c2ccccc2)C(=O)c2ccccc2S1(=O)=O. The van der Waals surface area contributed by atoms with E-state index in [1.165, 1.54) is 25.0 Å². The van der Waals surface area contributed by atoms with Gasteiger partial charge in [-0.25, -0.2) is 13.2 Å². The van der Waals surface area contributed by atoms with Crippen molar-refractivity contribution in [3.8, 4) is 0 Å². The fourth-order valence-corrected chi connectivity index (χ4v) is 5.33. The predicted molar refractivity (Wildman–Crippen MR) is 122 cm³/mol. The summed E-state index contributed by atoms with van der Waals surface area (Å²) in [5.74, 6) is -0.416. The Balaban J connectivity index is 1.75. The number of hydrogen-bond donors (Lipinski definition) is 0. The molecule has 0 atom stereocenters. The van der Waals surface area contributed by atoms with E-state index in [1.54, 1.807) is 42.5 Å². The number of benzene rings is 2. The highest BCUT2D eigenvalue weighted by Gasteiger charge is 2.38. The molecule has 3 rings (SSSR count). The standard InChI is InChI=1S/C25H28O6S/c1-2-3-4-5-6-12-17-30-25(27)31-18-22-23(19-13-8-7-9-14-19)24(26)20-15-10-11-16-21(20)32(22,28)29/h7-11,13-16H,2-6,12,17-18H2,1H3. The molecule has 0 spiro atoms. The minimum Gasteiger partial charge on any atom is -0.434 e. The van der Waals surface area contributed by atoms with Gasteiger partial charge in [0.25, 0.3) is 0 Å². The maximum atomic E-state index is 13.3. The number of unbranched alkanes of at least 4 members (excludes halogenated alkanes) is 5. The monoisotopic (exact) mass is 456 g/mol. The highest BCUT2D eigenvalue weighted by atomic mass is 32.2. The van der Waals surface area contributed by atoms with Crippen molar-refractivity contribution < 1.29 is 27.5 Å². The van der Waals surface area contributed by atoms with E-state index in [4.69, 9.17) is 9.47 Å². The maximum absolute atomic E-state index is 13.3. The molecule has 0 aromatic heterocycles. The average Bonchev–Trinajstić information content (AvgIpc) is 2.80. The van der Waals surface area contributed by atoms with Gasteiger partial charge in [0.15, 0.2) is 5.78 Å². The van der Waals surface area contributed by atoms with Crippen LogP contribution in [0.1, 0.15) is 61.4 Å². The molecule has 0 fully saturated rings. The van der Waals surface area contributed by atoms with Crippen LogP contribution in [0.3, 0.4) is 0 Å². The number of allylic oxidation sites excluding steroid dienone is 1. The highest BCUT2D eigenvalue weighted by Crippen LogP contribution is 2.37. The molecular formula is C25H28O6S. The van der Waals surface area contributed by atoms with E-state index in [-0.39, 0.29) is 27.5 Å². The van der Waals surface area contributed by atoms with Gasteiger partial charge in [0.05, 0.1) is 16.4 Å². The lowest BCUT2D eigenvalue weighted by Gasteiger charge is -2.22. The molecule has 6 nitrogen and oxygen atoms in total. The Morgan fingerprint density at radius 3 is 2.25 bits per heavy atom. The van der Waals surface area contributed by atoms with Crippen molar-refractivity contribution in [3.63, 3.8) is 0 Å². The minimum atomic E-state index is -4.02. The van der Waals surface area contributed by atoms with E-state index in [0.29, 0.717) is 5.56 Å². The van der Waals surface area contributed by atoms with Gasteiger partial charge in [0, 0.05) is 11.1 Å². The first kappa shape index (κ1) is 23.7. The van der Waals surface area contributed by atoms with Crippen molar-refractivity contribution >= 4 is 27.3 Å². The first-order valence-electron chi connectivity index (χ1n) is 10.9. The van der Waals surface area contributed by atoms with Gasteiger partial charge in [-0.15, -0.1) is 0 Å². The van der Waals surface area contributed by atoms with Crippen LogP contribution < -0.4 is 0 Å². The summed E-state index contributed by atoms with van der Waals surface area (Å²) in [5, 5.41) is 0. The Kier molecular flexibility index (Phi) is 8.22. The summed E-state index contributed by atoms with van der Waals surface area (Å²) in [6.07, 6.45) is 5.33. The highest BCUT2D eigenvalue weighted by molar-refractivity contribution is 7.95. The molecular weight excluding hydrogens is 428 g/mol. The molecule has 0 bridgehead atoms. The van der Waals surface area contributed by atoms with Crippen LogP contribution in [0.5, 0.6) is 0 Å². The van der Waals surface area contributed by atoms with E-state index >= 15 is 0 Å². The Hall–Kier alpha value is -2.93. The van der Waals surface area contributed by atoms with Crippen molar-refractivity contribution in [1.82, 2.24) is 0 Å².